The fourth-order valence-corrected chi connectivity index (χ4v) is 3.31. The molecule has 1 fully saturated rings. The van der Waals surface area contributed by atoms with Crippen LogP contribution in [0.3, 0.4) is 0 Å². The summed E-state index contributed by atoms with van der Waals surface area (Å²) in [4.78, 5) is 11.8. The van der Waals surface area contributed by atoms with Crippen LogP contribution in [0.4, 0.5) is 0 Å². The van der Waals surface area contributed by atoms with Crippen molar-refractivity contribution in [3.8, 4) is 0 Å². The molecule has 1 aromatic carbocycles. The summed E-state index contributed by atoms with van der Waals surface area (Å²) in [5, 5.41) is 7.96. The number of amides is 1. The number of hydrogen-bond donors (Lipinski definition) is 2. The largest absolute Gasteiger partial charge is 0.352 e. The van der Waals surface area contributed by atoms with Gasteiger partial charge in [0.1, 0.15) is 4.90 Å². The summed E-state index contributed by atoms with van der Waals surface area (Å²) in [5.41, 5.74) is 0.763. The molecular weight excluding hydrogens is 312 g/mol. The molecule has 0 radical (unpaired) electrons. The Bertz CT molecular complexity index is 654. The molecule has 5 nitrogen and oxygen atoms in total. The Hall–Kier alpha value is -1.11. The molecule has 116 valence electrons. The van der Waals surface area contributed by atoms with E-state index in [2.05, 4.69) is 5.32 Å². The summed E-state index contributed by atoms with van der Waals surface area (Å²) < 4.78 is 23.0. The van der Waals surface area contributed by atoms with Gasteiger partial charge in [0.25, 0.3) is 5.91 Å². The van der Waals surface area contributed by atoms with Crippen LogP contribution in [0.5, 0.6) is 0 Å². The van der Waals surface area contributed by atoms with E-state index in [1.54, 1.807) is 13.0 Å². The van der Waals surface area contributed by atoms with Gasteiger partial charge >= 0.3 is 0 Å². The van der Waals surface area contributed by atoms with Gasteiger partial charge in [0.05, 0.1) is 5.02 Å². The fraction of sp³-hybridized carbons (Fsp3) is 0.500. The van der Waals surface area contributed by atoms with Crippen LogP contribution in [0.25, 0.3) is 0 Å². The molecule has 7 heteroatoms. The number of rotatable bonds is 6. The third kappa shape index (κ3) is 4.43. The minimum absolute atomic E-state index is 0.0581. The third-order valence-electron chi connectivity index (χ3n) is 3.56. The summed E-state index contributed by atoms with van der Waals surface area (Å²) in [6, 6.07) is 2.79. The molecule has 1 amide bonds. The number of sulfonamides is 1. The van der Waals surface area contributed by atoms with E-state index in [4.69, 9.17) is 16.7 Å². The SMILES string of the molecule is Cc1cc(C(=O)NCCCC2CC2)cc(S(N)(=O)=O)c1Cl. The molecule has 1 aliphatic carbocycles. The highest BCUT2D eigenvalue weighted by atomic mass is 35.5. The molecule has 0 spiro atoms. The van der Waals surface area contributed by atoms with Crippen LogP contribution in [0.2, 0.25) is 5.02 Å². The van der Waals surface area contributed by atoms with Crippen molar-refractivity contribution in [2.45, 2.75) is 37.5 Å². The highest BCUT2D eigenvalue weighted by Gasteiger charge is 2.21. The second-order valence-electron chi connectivity index (χ2n) is 5.49. The quantitative estimate of drug-likeness (QED) is 0.784. The summed E-state index contributed by atoms with van der Waals surface area (Å²) in [6.45, 7) is 2.22. The van der Waals surface area contributed by atoms with E-state index < -0.39 is 10.0 Å². The minimum Gasteiger partial charge on any atom is -0.352 e. The molecule has 1 saturated carbocycles. The molecule has 0 bridgehead atoms. The predicted octanol–water partition coefficient (Wildman–Crippen LogP) is 2.22. The zero-order chi connectivity index (χ0) is 15.6. The molecule has 3 N–H and O–H groups in total. The molecule has 0 unspecified atom stereocenters. The number of benzene rings is 1. The smallest absolute Gasteiger partial charge is 0.251 e. The first-order chi connectivity index (χ1) is 9.79. The van der Waals surface area contributed by atoms with Crippen molar-refractivity contribution in [3.63, 3.8) is 0 Å². The first-order valence-corrected chi connectivity index (χ1v) is 8.82. The van der Waals surface area contributed by atoms with Crippen molar-refractivity contribution in [2.24, 2.45) is 11.1 Å². The van der Waals surface area contributed by atoms with Crippen molar-refractivity contribution in [1.29, 1.82) is 0 Å². The molecule has 0 aliphatic heterocycles. The summed E-state index contributed by atoms with van der Waals surface area (Å²) in [7, 11) is -3.95. The van der Waals surface area contributed by atoms with E-state index in [1.807, 2.05) is 0 Å². The summed E-state index contributed by atoms with van der Waals surface area (Å²) >= 11 is 5.93. The van der Waals surface area contributed by atoms with Crippen LogP contribution < -0.4 is 10.5 Å². The van der Waals surface area contributed by atoms with Gasteiger partial charge in [-0.25, -0.2) is 13.6 Å². The van der Waals surface area contributed by atoms with Crippen LogP contribution in [-0.2, 0) is 10.0 Å². The number of nitrogens with one attached hydrogen (secondary N) is 1. The van der Waals surface area contributed by atoms with Gasteiger partial charge in [-0.1, -0.05) is 24.4 Å². The van der Waals surface area contributed by atoms with E-state index in [0.29, 0.717) is 12.1 Å². The zero-order valence-corrected chi connectivity index (χ0v) is 13.4. The molecule has 0 heterocycles. The van der Waals surface area contributed by atoms with E-state index in [1.165, 1.54) is 18.9 Å². The molecule has 0 atom stereocenters. The van der Waals surface area contributed by atoms with Gasteiger partial charge in [-0.15, -0.1) is 0 Å². The lowest BCUT2D eigenvalue weighted by molar-refractivity contribution is 0.0952. The van der Waals surface area contributed by atoms with Crippen molar-refractivity contribution < 1.29 is 13.2 Å². The van der Waals surface area contributed by atoms with Crippen molar-refractivity contribution in [2.75, 3.05) is 6.54 Å². The maximum atomic E-state index is 12.1. The number of primary sulfonamides is 1. The molecule has 21 heavy (non-hydrogen) atoms. The van der Waals surface area contributed by atoms with Crippen molar-refractivity contribution in [1.82, 2.24) is 5.32 Å². The molecule has 2 rings (SSSR count). The van der Waals surface area contributed by atoms with Crippen molar-refractivity contribution in [3.05, 3.63) is 28.3 Å². The minimum atomic E-state index is -3.95. The maximum absolute atomic E-state index is 12.1. The summed E-state index contributed by atoms with van der Waals surface area (Å²) in [5.74, 6) is 0.518. The number of carbonyl (C=O) groups excluding carboxylic acids is 1. The van der Waals surface area contributed by atoms with Gasteiger partial charge in [0.15, 0.2) is 0 Å². The predicted molar refractivity (Wildman–Crippen MR) is 81.9 cm³/mol. The van der Waals surface area contributed by atoms with Crippen LogP contribution in [0.1, 0.15) is 41.6 Å². The van der Waals surface area contributed by atoms with Crippen LogP contribution >= 0.6 is 11.6 Å². The van der Waals surface area contributed by atoms with E-state index in [-0.39, 0.29) is 21.4 Å². The average molecular weight is 331 g/mol. The summed E-state index contributed by atoms with van der Waals surface area (Å²) in [6.07, 6.45) is 4.65. The van der Waals surface area contributed by atoms with Crippen LogP contribution in [0, 0.1) is 12.8 Å². The Labute approximate surface area is 129 Å². The van der Waals surface area contributed by atoms with Crippen LogP contribution in [0.15, 0.2) is 17.0 Å². The number of nitrogens with two attached hydrogens (primary N) is 1. The lowest BCUT2D eigenvalue weighted by atomic mass is 10.1. The Morgan fingerprint density at radius 1 is 1.43 bits per heavy atom. The second-order valence-corrected chi connectivity index (χ2v) is 7.40. The first-order valence-electron chi connectivity index (χ1n) is 6.90. The Morgan fingerprint density at radius 3 is 2.67 bits per heavy atom. The number of hydrogen-bond acceptors (Lipinski definition) is 3. The van der Waals surface area contributed by atoms with Gasteiger partial charge in [-0.3, -0.25) is 4.79 Å². The van der Waals surface area contributed by atoms with Gasteiger partial charge in [-0.05, 0) is 43.4 Å². The van der Waals surface area contributed by atoms with Gasteiger partial charge in [0, 0.05) is 12.1 Å². The zero-order valence-electron chi connectivity index (χ0n) is 11.9. The number of carbonyl (C=O) groups is 1. The average Bonchev–Trinajstić information content (AvgIpc) is 3.20. The first kappa shape index (κ1) is 16.3. The van der Waals surface area contributed by atoms with E-state index in [9.17, 15) is 13.2 Å². The van der Waals surface area contributed by atoms with E-state index in [0.717, 1.165) is 18.8 Å². The lowest BCUT2D eigenvalue weighted by Gasteiger charge is -2.10. The second kappa shape index (κ2) is 6.34. The lowest BCUT2D eigenvalue weighted by Crippen LogP contribution is -2.25. The topological polar surface area (TPSA) is 89.3 Å². The highest BCUT2D eigenvalue weighted by molar-refractivity contribution is 7.89. The molecule has 1 aliphatic rings. The fourth-order valence-electron chi connectivity index (χ4n) is 2.18. The van der Waals surface area contributed by atoms with Gasteiger partial charge in [-0.2, -0.15) is 0 Å². The molecular formula is C14H19ClN2O3S. The number of halogens is 1. The molecule has 1 aromatic rings. The van der Waals surface area contributed by atoms with Gasteiger partial charge in [0.2, 0.25) is 10.0 Å². The Morgan fingerprint density at radius 2 is 2.10 bits per heavy atom. The monoisotopic (exact) mass is 330 g/mol. The normalized spacial score (nSPS) is 15.0. The Balaban J connectivity index is 2.07. The Kier molecular flexibility index (Phi) is 4.91. The maximum Gasteiger partial charge on any atom is 0.251 e. The standard InChI is InChI=1S/C14H19ClN2O3S/c1-9-7-11(8-12(13(9)15)21(16,19)20)14(18)17-6-2-3-10-4-5-10/h7-8,10H,2-6H2,1H3,(H,17,18)(H2,16,19,20). The van der Waals surface area contributed by atoms with Crippen molar-refractivity contribution >= 4 is 27.5 Å². The molecule has 0 aromatic heterocycles. The molecule has 0 saturated heterocycles. The van der Waals surface area contributed by atoms with Gasteiger partial charge < -0.3 is 5.32 Å². The third-order valence-corrected chi connectivity index (χ3v) is 5.11. The highest BCUT2D eigenvalue weighted by Crippen LogP contribution is 2.33. The van der Waals surface area contributed by atoms with E-state index >= 15 is 0 Å². The van der Waals surface area contributed by atoms with Crippen LogP contribution in [-0.4, -0.2) is 20.9 Å². The number of aryl methyl sites for hydroxylation is 1.